The molecule has 0 saturated carbocycles. The lowest BCUT2D eigenvalue weighted by Crippen LogP contribution is -2.36. The quantitative estimate of drug-likeness (QED) is 0.795. The van der Waals surface area contributed by atoms with Gasteiger partial charge in [0, 0.05) is 35.9 Å². The summed E-state index contributed by atoms with van der Waals surface area (Å²) in [4.78, 5) is 6.97. The smallest absolute Gasteiger partial charge is 0.231 e. The molecular formula is C15H16N2O3. The number of hydrogen-bond acceptors (Lipinski definition) is 5. The van der Waals surface area contributed by atoms with Gasteiger partial charge in [0.15, 0.2) is 11.5 Å². The Bertz CT molecular complexity index is 666. The van der Waals surface area contributed by atoms with Gasteiger partial charge in [-0.05, 0) is 19.1 Å². The van der Waals surface area contributed by atoms with Gasteiger partial charge < -0.3 is 19.1 Å². The second-order valence-corrected chi connectivity index (χ2v) is 5.10. The first kappa shape index (κ1) is 11.8. The molecule has 20 heavy (non-hydrogen) atoms. The van der Waals surface area contributed by atoms with E-state index < -0.39 is 0 Å². The van der Waals surface area contributed by atoms with Crippen molar-refractivity contribution in [3.8, 4) is 11.5 Å². The van der Waals surface area contributed by atoms with Gasteiger partial charge in [0.25, 0.3) is 0 Å². The summed E-state index contributed by atoms with van der Waals surface area (Å²) in [6, 6.07) is 6.14. The van der Waals surface area contributed by atoms with E-state index >= 15 is 0 Å². The molecule has 2 aliphatic rings. The van der Waals surface area contributed by atoms with Crippen LogP contribution >= 0.6 is 0 Å². The molecule has 1 saturated heterocycles. The van der Waals surface area contributed by atoms with Crippen molar-refractivity contribution in [1.82, 2.24) is 4.98 Å². The van der Waals surface area contributed by atoms with E-state index in [1.807, 2.05) is 19.1 Å². The Balaban J connectivity index is 1.90. The van der Waals surface area contributed by atoms with Crippen molar-refractivity contribution in [1.29, 1.82) is 0 Å². The second-order valence-electron chi connectivity index (χ2n) is 5.10. The predicted molar refractivity (Wildman–Crippen MR) is 75.6 cm³/mol. The highest BCUT2D eigenvalue weighted by Gasteiger charge is 2.20. The fourth-order valence-electron chi connectivity index (χ4n) is 2.79. The molecule has 0 radical (unpaired) electrons. The highest BCUT2D eigenvalue weighted by molar-refractivity contribution is 5.94. The lowest BCUT2D eigenvalue weighted by molar-refractivity contribution is 0.123. The van der Waals surface area contributed by atoms with Crippen LogP contribution in [-0.2, 0) is 4.74 Å². The Morgan fingerprint density at radius 2 is 1.80 bits per heavy atom. The van der Waals surface area contributed by atoms with Gasteiger partial charge in [0.1, 0.15) is 0 Å². The number of aryl methyl sites for hydroxylation is 1. The number of aromatic nitrogens is 1. The van der Waals surface area contributed by atoms with Crippen LogP contribution in [0.4, 0.5) is 5.69 Å². The highest BCUT2D eigenvalue weighted by Crippen LogP contribution is 2.39. The average molecular weight is 272 g/mol. The molecule has 1 fully saturated rings. The maximum atomic E-state index is 5.49. The fourth-order valence-corrected chi connectivity index (χ4v) is 2.79. The van der Waals surface area contributed by atoms with Crippen LogP contribution < -0.4 is 14.4 Å². The van der Waals surface area contributed by atoms with Crippen molar-refractivity contribution in [3.05, 3.63) is 23.9 Å². The lowest BCUT2D eigenvalue weighted by Gasteiger charge is -2.30. The molecule has 0 bridgehead atoms. The summed E-state index contributed by atoms with van der Waals surface area (Å²) in [5.74, 6) is 1.58. The molecule has 0 N–H and O–H groups in total. The molecule has 2 aromatic rings. The predicted octanol–water partition coefficient (Wildman–Crippen LogP) is 2.11. The standard InChI is InChI=1S/C15H16N2O3/c1-10-6-13(17-2-4-18-5-3-17)11-7-14-15(20-9-19-14)8-12(11)16-10/h6-8H,2-5,9H2,1H3. The summed E-state index contributed by atoms with van der Waals surface area (Å²) in [6.45, 7) is 5.67. The van der Waals surface area contributed by atoms with Crippen LogP contribution in [0.3, 0.4) is 0 Å². The number of hydrogen-bond donors (Lipinski definition) is 0. The van der Waals surface area contributed by atoms with Gasteiger partial charge in [-0.25, -0.2) is 0 Å². The van der Waals surface area contributed by atoms with Gasteiger partial charge >= 0.3 is 0 Å². The largest absolute Gasteiger partial charge is 0.454 e. The van der Waals surface area contributed by atoms with E-state index in [0.29, 0.717) is 0 Å². The van der Waals surface area contributed by atoms with Gasteiger partial charge in [0.05, 0.1) is 18.7 Å². The van der Waals surface area contributed by atoms with E-state index in [-0.39, 0.29) is 6.79 Å². The third kappa shape index (κ3) is 1.86. The Morgan fingerprint density at radius 3 is 2.60 bits per heavy atom. The molecule has 1 aromatic carbocycles. The van der Waals surface area contributed by atoms with Crippen LogP contribution in [0.1, 0.15) is 5.69 Å². The Kier molecular flexibility index (Phi) is 2.67. The molecule has 1 aromatic heterocycles. The molecule has 0 aliphatic carbocycles. The van der Waals surface area contributed by atoms with Crippen molar-refractivity contribution >= 4 is 16.6 Å². The maximum Gasteiger partial charge on any atom is 0.231 e. The molecule has 2 aliphatic heterocycles. The summed E-state index contributed by atoms with van der Waals surface area (Å²) >= 11 is 0. The van der Waals surface area contributed by atoms with Crippen molar-refractivity contribution in [2.45, 2.75) is 6.92 Å². The molecule has 0 amide bonds. The van der Waals surface area contributed by atoms with Crippen LogP contribution in [0.5, 0.6) is 11.5 Å². The Hall–Kier alpha value is -2.01. The van der Waals surface area contributed by atoms with Gasteiger partial charge in [0.2, 0.25) is 6.79 Å². The van der Waals surface area contributed by atoms with Crippen molar-refractivity contribution in [2.75, 3.05) is 38.0 Å². The molecule has 0 atom stereocenters. The van der Waals surface area contributed by atoms with Crippen molar-refractivity contribution < 1.29 is 14.2 Å². The first-order chi connectivity index (χ1) is 9.81. The third-order valence-corrected chi connectivity index (χ3v) is 3.76. The first-order valence-electron chi connectivity index (χ1n) is 6.85. The molecule has 0 spiro atoms. The number of morpholine rings is 1. The minimum absolute atomic E-state index is 0.289. The SMILES string of the molecule is Cc1cc(N2CCOCC2)c2cc3c(cc2n1)OCO3. The summed E-state index contributed by atoms with van der Waals surface area (Å²) in [6.07, 6.45) is 0. The molecule has 4 rings (SSSR count). The van der Waals surface area contributed by atoms with Crippen molar-refractivity contribution in [3.63, 3.8) is 0 Å². The summed E-state index contributed by atoms with van der Waals surface area (Å²) < 4.78 is 16.4. The van der Waals surface area contributed by atoms with E-state index in [2.05, 4.69) is 16.0 Å². The van der Waals surface area contributed by atoms with Gasteiger partial charge in [-0.15, -0.1) is 0 Å². The van der Waals surface area contributed by atoms with Crippen LogP contribution in [0.25, 0.3) is 10.9 Å². The second kappa shape index (κ2) is 4.52. The first-order valence-corrected chi connectivity index (χ1v) is 6.85. The Morgan fingerprint density at radius 1 is 1.05 bits per heavy atom. The number of pyridine rings is 1. The zero-order chi connectivity index (χ0) is 13.5. The van der Waals surface area contributed by atoms with E-state index in [1.165, 1.54) is 5.69 Å². The van der Waals surface area contributed by atoms with Gasteiger partial charge in [-0.1, -0.05) is 0 Å². The van der Waals surface area contributed by atoms with E-state index in [0.717, 1.165) is 54.4 Å². The molecule has 104 valence electrons. The lowest BCUT2D eigenvalue weighted by atomic mass is 10.1. The number of nitrogens with zero attached hydrogens (tertiary/aromatic N) is 2. The molecule has 5 heteroatoms. The van der Waals surface area contributed by atoms with Crippen molar-refractivity contribution in [2.24, 2.45) is 0 Å². The van der Waals surface area contributed by atoms with Gasteiger partial charge in [-0.3, -0.25) is 4.98 Å². The fraction of sp³-hybridized carbons (Fsp3) is 0.400. The van der Waals surface area contributed by atoms with Crippen LogP contribution in [0, 0.1) is 6.92 Å². The van der Waals surface area contributed by atoms with E-state index in [4.69, 9.17) is 14.2 Å². The number of ether oxygens (including phenoxy) is 3. The average Bonchev–Trinajstić information content (AvgIpc) is 2.92. The Labute approximate surface area is 117 Å². The summed E-state index contributed by atoms with van der Waals surface area (Å²) in [5, 5.41) is 1.11. The number of rotatable bonds is 1. The van der Waals surface area contributed by atoms with E-state index in [1.54, 1.807) is 0 Å². The maximum absolute atomic E-state index is 5.49. The third-order valence-electron chi connectivity index (χ3n) is 3.76. The minimum Gasteiger partial charge on any atom is -0.454 e. The van der Waals surface area contributed by atoms with Crippen LogP contribution in [-0.4, -0.2) is 38.1 Å². The van der Waals surface area contributed by atoms with Crippen LogP contribution in [0.15, 0.2) is 18.2 Å². The molecular weight excluding hydrogens is 256 g/mol. The zero-order valence-corrected chi connectivity index (χ0v) is 11.4. The van der Waals surface area contributed by atoms with Crippen LogP contribution in [0.2, 0.25) is 0 Å². The monoisotopic (exact) mass is 272 g/mol. The number of benzene rings is 1. The number of fused-ring (bicyclic) bond motifs is 2. The number of anilines is 1. The molecule has 3 heterocycles. The zero-order valence-electron chi connectivity index (χ0n) is 11.4. The minimum atomic E-state index is 0.289. The molecule has 0 unspecified atom stereocenters. The summed E-state index contributed by atoms with van der Waals surface area (Å²) in [5.41, 5.74) is 3.17. The van der Waals surface area contributed by atoms with Gasteiger partial charge in [-0.2, -0.15) is 0 Å². The topological polar surface area (TPSA) is 43.8 Å². The highest BCUT2D eigenvalue weighted by atomic mass is 16.7. The molecule has 5 nitrogen and oxygen atoms in total. The summed E-state index contributed by atoms with van der Waals surface area (Å²) in [7, 11) is 0. The van der Waals surface area contributed by atoms with E-state index in [9.17, 15) is 0 Å². The normalized spacial score (nSPS) is 17.8.